The van der Waals surface area contributed by atoms with Crippen molar-refractivity contribution in [1.29, 1.82) is 0 Å². The molecule has 2 N–H and O–H groups in total. The molecule has 0 aromatic heterocycles. The first-order valence-electron chi connectivity index (χ1n) is 5.00. The molecule has 0 amide bonds. The largest absolute Gasteiger partial charge is 0.325 e. The molecule has 12 heavy (non-hydrogen) atoms. The van der Waals surface area contributed by atoms with Crippen LogP contribution in [0.15, 0.2) is 0 Å². The molecule has 1 heteroatoms. The van der Waals surface area contributed by atoms with Crippen molar-refractivity contribution in [2.75, 3.05) is 0 Å². The Morgan fingerprint density at radius 2 is 1.58 bits per heavy atom. The lowest BCUT2D eigenvalue weighted by Gasteiger charge is -2.37. The zero-order chi connectivity index (χ0) is 9.99. The van der Waals surface area contributed by atoms with E-state index in [0.29, 0.717) is 11.3 Å². The lowest BCUT2D eigenvalue weighted by Crippen LogP contribution is -2.41. The fourth-order valence-corrected chi connectivity index (χ4v) is 1.37. The van der Waals surface area contributed by atoms with Crippen LogP contribution in [0.1, 0.15) is 54.4 Å². The molecule has 0 aromatic carbocycles. The van der Waals surface area contributed by atoms with E-state index in [0.717, 1.165) is 12.8 Å². The maximum atomic E-state index is 6.14. The summed E-state index contributed by atoms with van der Waals surface area (Å²) in [7, 11) is 0. The van der Waals surface area contributed by atoms with Crippen molar-refractivity contribution in [3.63, 3.8) is 0 Å². The highest BCUT2D eigenvalue weighted by Crippen LogP contribution is 2.35. The van der Waals surface area contributed by atoms with E-state index in [1.165, 1.54) is 0 Å². The first-order valence-corrected chi connectivity index (χ1v) is 5.00. The predicted molar refractivity (Wildman–Crippen MR) is 56.1 cm³/mol. The Kier molecular flexibility index (Phi) is 3.77. The van der Waals surface area contributed by atoms with Crippen LogP contribution >= 0.6 is 0 Å². The van der Waals surface area contributed by atoms with Crippen LogP contribution in [0.5, 0.6) is 0 Å². The molecule has 0 bridgehead atoms. The standard InChI is InChI=1S/C11H25N/c1-7-11(6,12)8-10(4,5)9(2)3/h9H,7-8,12H2,1-6H3. The molecule has 1 nitrogen and oxygen atoms in total. The van der Waals surface area contributed by atoms with Gasteiger partial charge in [-0.1, -0.05) is 34.6 Å². The van der Waals surface area contributed by atoms with Gasteiger partial charge in [-0.15, -0.1) is 0 Å². The van der Waals surface area contributed by atoms with Gasteiger partial charge in [0.05, 0.1) is 0 Å². The van der Waals surface area contributed by atoms with E-state index >= 15 is 0 Å². The second kappa shape index (κ2) is 3.78. The minimum atomic E-state index is 0.00771. The van der Waals surface area contributed by atoms with Crippen LogP contribution in [0.25, 0.3) is 0 Å². The molecule has 0 aliphatic rings. The van der Waals surface area contributed by atoms with Gasteiger partial charge in [-0.05, 0) is 31.1 Å². The van der Waals surface area contributed by atoms with Crippen LogP contribution in [-0.2, 0) is 0 Å². The summed E-state index contributed by atoms with van der Waals surface area (Å²) in [5, 5.41) is 0. The van der Waals surface area contributed by atoms with Crippen molar-refractivity contribution in [3.05, 3.63) is 0 Å². The van der Waals surface area contributed by atoms with E-state index in [1.54, 1.807) is 0 Å². The molecule has 0 radical (unpaired) electrons. The highest BCUT2D eigenvalue weighted by Gasteiger charge is 2.30. The van der Waals surface area contributed by atoms with Gasteiger partial charge in [-0.3, -0.25) is 0 Å². The van der Waals surface area contributed by atoms with Gasteiger partial charge in [-0.25, -0.2) is 0 Å². The van der Waals surface area contributed by atoms with Crippen LogP contribution in [-0.4, -0.2) is 5.54 Å². The highest BCUT2D eigenvalue weighted by molar-refractivity contribution is 4.86. The Balaban J connectivity index is 4.23. The van der Waals surface area contributed by atoms with E-state index in [-0.39, 0.29) is 5.54 Å². The van der Waals surface area contributed by atoms with Crippen molar-refractivity contribution in [2.24, 2.45) is 17.1 Å². The molecule has 1 unspecified atom stereocenters. The summed E-state index contributed by atoms with van der Waals surface area (Å²) in [6, 6.07) is 0. The molecule has 0 rings (SSSR count). The fourth-order valence-electron chi connectivity index (χ4n) is 1.37. The minimum Gasteiger partial charge on any atom is -0.325 e. The van der Waals surface area contributed by atoms with Crippen molar-refractivity contribution in [2.45, 2.75) is 59.9 Å². The van der Waals surface area contributed by atoms with Gasteiger partial charge >= 0.3 is 0 Å². The van der Waals surface area contributed by atoms with Crippen molar-refractivity contribution >= 4 is 0 Å². The van der Waals surface area contributed by atoms with Gasteiger partial charge < -0.3 is 5.73 Å². The van der Waals surface area contributed by atoms with Gasteiger partial charge in [0.15, 0.2) is 0 Å². The van der Waals surface area contributed by atoms with Crippen molar-refractivity contribution < 1.29 is 0 Å². The Morgan fingerprint density at radius 3 is 1.83 bits per heavy atom. The molecule has 1 atom stereocenters. The Bertz CT molecular complexity index is 134. The average molecular weight is 171 g/mol. The van der Waals surface area contributed by atoms with Gasteiger partial charge in [0.2, 0.25) is 0 Å². The van der Waals surface area contributed by atoms with Crippen LogP contribution in [0.4, 0.5) is 0 Å². The maximum absolute atomic E-state index is 6.14. The predicted octanol–water partition coefficient (Wildman–Crippen LogP) is 3.19. The summed E-state index contributed by atoms with van der Waals surface area (Å²) in [6.07, 6.45) is 2.16. The molecule has 0 fully saturated rings. The van der Waals surface area contributed by atoms with Crippen LogP contribution in [0.2, 0.25) is 0 Å². The van der Waals surface area contributed by atoms with Crippen molar-refractivity contribution in [3.8, 4) is 0 Å². The topological polar surface area (TPSA) is 26.0 Å². The maximum Gasteiger partial charge on any atom is 0.0128 e. The summed E-state index contributed by atoms with van der Waals surface area (Å²) < 4.78 is 0. The Morgan fingerprint density at radius 1 is 1.17 bits per heavy atom. The number of hydrogen-bond donors (Lipinski definition) is 1. The van der Waals surface area contributed by atoms with Crippen molar-refractivity contribution in [1.82, 2.24) is 0 Å². The van der Waals surface area contributed by atoms with E-state index in [2.05, 4.69) is 41.5 Å². The summed E-state index contributed by atoms with van der Waals surface area (Å²) >= 11 is 0. The second-order valence-corrected chi connectivity index (χ2v) is 5.33. The third-order valence-corrected chi connectivity index (χ3v) is 3.23. The molecule has 0 aliphatic carbocycles. The second-order valence-electron chi connectivity index (χ2n) is 5.33. The molecule has 74 valence electrons. The normalized spacial score (nSPS) is 18.0. The van der Waals surface area contributed by atoms with E-state index in [4.69, 9.17) is 5.73 Å². The van der Waals surface area contributed by atoms with E-state index in [9.17, 15) is 0 Å². The molecule has 0 saturated carbocycles. The third-order valence-electron chi connectivity index (χ3n) is 3.23. The van der Waals surface area contributed by atoms with Gasteiger partial charge in [0, 0.05) is 5.54 Å². The highest BCUT2D eigenvalue weighted by atomic mass is 14.7. The summed E-state index contributed by atoms with van der Waals surface area (Å²) in [4.78, 5) is 0. The molecular formula is C11H25N. The number of hydrogen-bond acceptors (Lipinski definition) is 1. The molecule has 0 aromatic rings. The van der Waals surface area contributed by atoms with Gasteiger partial charge in [0.1, 0.15) is 0 Å². The fraction of sp³-hybridized carbons (Fsp3) is 1.00. The average Bonchev–Trinajstić information content (AvgIpc) is 1.85. The molecule has 0 heterocycles. The summed E-state index contributed by atoms with van der Waals surface area (Å²) in [5.41, 5.74) is 6.51. The molecule has 0 saturated heterocycles. The zero-order valence-corrected chi connectivity index (χ0v) is 9.57. The van der Waals surface area contributed by atoms with E-state index in [1.807, 2.05) is 0 Å². The monoisotopic (exact) mass is 171 g/mol. The number of rotatable bonds is 4. The molecule has 0 aliphatic heterocycles. The first-order chi connectivity index (χ1) is 5.21. The summed E-state index contributed by atoms with van der Waals surface area (Å²) in [5.74, 6) is 0.701. The van der Waals surface area contributed by atoms with Gasteiger partial charge in [0.25, 0.3) is 0 Å². The number of nitrogens with two attached hydrogens (primary N) is 1. The molecule has 0 spiro atoms. The zero-order valence-electron chi connectivity index (χ0n) is 9.57. The third kappa shape index (κ3) is 3.57. The SMILES string of the molecule is CCC(C)(N)CC(C)(C)C(C)C. The Hall–Kier alpha value is -0.0400. The first kappa shape index (κ1) is 12.0. The lowest BCUT2D eigenvalue weighted by atomic mass is 9.72. The van der Waals surface area contributed by atoms with Crippen LogP contribution in [0, 0.1) is 11.3 Å². The summed E-state index contributed by atoms with van der Waals surface area (Å²) in [6.45, 7) is 13.5. The lowest BCUT2D eigenvalue weighted by molar-refractivity contribution is 0.173. The smallest absolute Gasteiger partial charge is 0.0128 e. The molecular weight excluding hydrogens is 146 g/mol. The van der Waals surface area contributed by atoms with Gasteiger partial charge in [-0.2, -0.15) is 0 Å². The minimum absolute atomic E-state index is 0.00771. The van der Waals surface area contributed by atoms with Crippen LogP contribution < -0.4 is 5.73 Å². The van der Waals surface area contributed by atoms with E-state index < -0.39 is 0 Å². The quantitative estimate of drug-likeness (QED) is 0.690. The van der Waals surface area contributed by atoms with Crippen LogP contribution in [0.3, 0.4) is 0 Å². The Labute approximate surface area is 77.7 Å².